The van der Waals surface area contributed by atoms with Crippen molar-refractivity contribution in [2.45, 2.75) is 12.1 Å². The van der Waals surface area contributed by atoms with Gasteiger partial charge in [0.05, 0.1) is 48.5 Å². The van der Waals surface area contributed by atoms with Crippen molar-refractivity contribution < 1.29 is 23.9 Å². The third-order valence-electron chi connectivity index (χ3n) is 7.44. The van der Waals surface area contributed by atoms with E-state index in [9.17, 15) is 14.4 Å². The summed E-state index contributed by atoms with van der Waals surface area (Å²) in [5.41, 5.74) is 2.41. The summed E-state index contributed by atoms with van der Waals surface area (Å²) in [6.45, 7) is 0. The first kappa shape index (κ1) is 24.1. The zero-order valence-corrected chi connectivity index (χ0v) is 21.4. The molecule has 6 rings (SSSR count). The van der Waals surface area contributed by atoms with Crippen molar-refractivity contribution in [2.75, 3.05) is 29.3 Å². The van der Waals surface area contributed by atoms with Gasteiger partial charge >= 0.3 is 0 Å². The van der Waals surface area contributed by atoms with Gasteiger partial charge in [0.15, 0.2) is 0 Å². The fraction of sp³-hybridized carbons (Fsp3) is 0.207. The molecule has 0 spiro atoms. The molecule has 3 aliphatic rings. The van der Waals surface area contributed by atoms with Crippen LogP contribution in [0.15, 0.2) is 72.8 Å². The molecule has 0 aliphatic carbocycles. The summed E-state index contributed by atoms with van der Waals surface area (Å²) in [5, 5.41) is 3.23. The number of benzene rings is 3. The molecular weight excluding hydrogens is 506 g/mol. The molecule has 0 radical (unpaired) electrons. The van der Waals surface area contributed by atoms with Gasteiger partial charge in [-0.2, -0.15) is 0 Å². The van der Waals surface area contributed by atoms with Gasteiger partial charge in [-0.15, -0.1) is 0 Å². The van der Waals surface area contributed by atoms with Crippen LogP contribution in [0.1, 0.15) is 5.56 Å². The first-order valence-electron chi connectivity index (χ1n) is 12.2. The molecule has 4 atom stereocenters. The highest BCUT2D eigenvalue weighted by Gasteiger charge is 2.64. The highest BCUT2D eigenvalue weighted by Crippen LogP contribution is 2.50. The van der Waals surface area contributed by atoms with Gasteiger partial charge in [0.1, 0.15) is 17.5 Å². The maximum absolute atomic E-state index is 14.1. The smallest absolute Gasteiger partial charge is 0.248 e. The number of anilines is 3. The normalized spacial score (nSPS) is 23.1. The Morgan fingerprint density at radius 2 is 1.61 bits per heavy atom. The minimum atomic E-state index is -0.962. The molecule has 192 valence electrons. The van der Waals surface area contributed by atoms with Crippen LogP contribution >= 0.6 is 11.6 Å². The summed E-state index contributed by atoms with van der Waals surface area (Å²) in [6.07, 6.45) is 3.84. The molecule has 2 saturated heterocycles. The predicted octanol–water partition coefficient (Wildman–Crippen LogP) is 4.39. The summed E-state index contributed by atoms with van der Waals surface area (Å²) >= 11 is 6.39. The summed E-state index contributed by atoms with van der Waals surface area (Å²) in [7, 11) is 3.04. The number of nitrogens with zero attached hydrogens (tertiary/aromatic N) is 2. The van der Waals surface area contributed by atoms with E-state index in [1.165, 1.54) is 14.2 Å². The zero-order valence-electron chi connectivity index (χ0n) is 20.6. The number of hydrogen-bond donors (Lipinski definition) is 1. The van der Waals surface area contributed by atoms with Crippen molar-refractivity contribution in [1.29, 1.82) is 0 Å². The van der Waals surface area contributed by atoms with Crippen LogP contribution in [0.25, 0.3) is 6.08 Å². The lowest BCUT2D eigenvalue weighted by atomic mass is 9.88. The van der Waals surface area contributed by atoms with Gasteiger partial charge in [-0.25, -0.2) is 4.90 Å². The van der Waals surface area contributed by atoms with Crippen LogP contribution in [0, 0.1) is 11.8 Å². The molecule has 3 aliphatic heterocycles. The second kappa shape index (κ2) is 9.22. The van der Waals surface area contributed by atoms with E-state index in [0.29, 0.717) is 22.9 Å². The van der Waals surface area contributed by atoms with Crippen molar-refractivity contribution in [3.63, 3.8) is 0 Å². The van der Waals surface area contributed by atoms with Gasteiger partial charge in [0.25, 0.3) is 0 Å². The number of ether oxygens (including phenoxy) is 2. The minimum absolute atomic E-state index is 0.290. The van der Waals surface area contributed by atoms with E-state index in [1.54, 1.807) is 42.5 Å². The van der Waals surface area contributed by atoms with Gasteiger partial charge in [0.2, 0.25) is 17.7 Å². The van der Waals surface area contributed by atoms with Gasteiger partial charge in [-0.1, -0.05) is 54.1 Å². The van der Waals surface area contributed by atoms with E-state index >= 15 is 0 Å². The minimum Gasteiger partial charge on any atom is -0.497 e. The third-order valence-corrected chi connectivity index (χ3v) is 7.76. The van der Waals surface area contributed by atoms with Gasteiger partial charge < -0.3 is 19.7 Å². The molecule has 3 aromatic rings. The molecule has 3 amide bonds. The molecule has 0 unspecified atom stereocenters. The maximum atomic E-state index is 14.1. The van der Waals surface area contributed by atoms with Crippen molar-refractivity contribution in [3.05, 3.63) is 83.4 Å². The maximum Gasteiger partial charge on any atom is 0.248 e. The van der Waals surface area contributed by atoms with E-state index in [2.05, 4.69) is 5.32 Å². The molecule has 8 nitrogen and oxygen atoms in total. The molecule has 0 saturated carbocycles. The van der Waals surface area contributed by atoms with Gasteiger partial charge in [0, 0.05) is 11.8 Å². The number of imide groups is 1. The number of rotatable bonds is 5. The largest absolute Gasteiger partial charge is 0.497 e. The molecule has 9 heteroatoms. The summed E-state index contributed by atoms with van der Waals surface area (Å²) in [6, 6.07) is 18.0. The number of methoxy groups -OCH3 is 2. The van der Waals surface area contributed by atoms with Gasteiger partial charge in [-0.05, 0) is 35.9 Å². The topological polar surface area (TPSA) is 88.2 Å². The standard InChI is InChI=1S/C29H24ClN3O5/c1-37-17-12-14-23(38-2)19(15-17)31-27(34)26-25-24(22-13-11-16-7-3-5-9-20(16)32(22)26)28(35)33(29(25)36)21-10-6-4-8-18(21)30/h3-15,22,24-26H,1-2H3,(H,31,34)/t22-,24+,25+,26-/m0/s1. The van der Waals surface area contributed by atoms with E-state index in [1.807, 2.05) is 41.3 Å². The number of carbonyl (C=O) groups excluding carboxylic acids is 3. The van der Waals surface area contributed by atoms with Crippen LogP contribution in [-0.4, -0.2) is 44.0 Å². The van der Waals surface area contributed by atoms with Crippen LogP contribution in [0.5, 0.6) is 11.5 Å². The number of para-hydroxylation sites is 2. The number of hydrogen-bond acceptors (Lipinski definition) is 6. The SMILES string of the molecule is COc1ccc(OC)c(NC(=O)[C@@H]2[C@@H]3C(=O)N(c4ccccc4Cl)C(=O)[C@@H]3[C@@H]3C=Cc4ccccc4N23)c1. The van der Waals surface area contributed by atoms with E-state index in [-0.39, 0.29) is 10.9 Å². The average Bonchev–Trinajstić information content (AvgIpc) is 3.41. The fourth-order valence-corrected chi connectivity index (χ4v) is 6.02. The number of halogens is 1. The Bertz CT molecular complexity index is 1510. The number of nitrogens with one attached hydrogen (secondary N) is 1. The summed E-state index contributed by atoms with van der Waals surface area (Å²) in [4.78, 5) is 44.9. The highest BCUT2D eigenvalue weighted by atomic mass is 35.5. The molecule has 0 bridgehead atoms. The quantitative estimate of drug-likeness (QED) is 0.493. The highest BCUT2D eigenvalue weighted by molar-refractivity contribution is 6.36. The molecule has 0 aromatic heterocycles. The van der Waals surface area contributed by atoms with E-state index < -0.39 is 35.7 Å². The molecular formula is C29H24ClN3O5. The Morgan fingerprint density at radius 1 is 0.895 bits per heavy atom. The summed E-state index contributed by atoms with van der Waals surface area (Å²) in [5.74, 6) is -1.96. The van der Waals surface area contributed by atoms with Crippen LogP contribution in [0.4, 0.5) is 17.1 Å². The summed E-state index contributed by atoms with van der Waals surface area (Å²) < 4.78 is 10.8. The average molecular weight is 530 g/mol. The first-order chi connectivity index (χ1) is 18.4. The Balaban J connectivity index is 1.45. The molecule has 3 aromatic carbocycles. The zero-order chi connectivity index (χ0) is 26.6. The van der Waals surface area contributed by atoms with Crippen LogP contribution < -0.4 is 24.6 Å². The lowest BCUT2D eigenvalue weighted by molar-refractivity contribution is -0.126. The lowest BCUT2D eigenvalue weighted by Crippen LogP contribution is -2.50. The Hall–Kier alpha value is -4.30. The Kier molecular flexibility index (Phi) is 5.84. The second-order valence-electron chi connectivity index (χ2n) is 9.33. The molecule has 3 heterocycles. The van der Waals surface area contributed by atoms with Gasteiger partial charge in [-0.3, -0.25) is 14.4 Å². The number of amides is 3. The molecule has 2 fully saturated rings. The van der Waals surface area contributed by atoms with Crippen LogP contribution in [0.2, 0.25) is 5.02 Å². The monoisotopic (exact) mass is 529 g/mol. The third kappa shape index (κ3) is 3.55. The molecule has 1 N–H and O–H groups in total. The van der Waals surface area contributed by atoms with Crippen LogP contribution in [0.3, 0.4) is 0 Å². The Morgan fingerprint density at radius 3 is 2.34 bits per heavy atom. The molecule has 38 heavy (non-hydrogen) atoms. The van der Waals surface area contributed by atoms with E-state index in [4.69, 9.17) is 21.1 Å². The van der Waals surface area contributed by atoms with Crippen molar-refractivity contribution >= 4 is 52.5 Å². The number of fused-ring (bicyclic) bond motifs is 5. The van der Waals surface area contributed by atoms with Crippen molar-refractivity contribution in [2.24, 2.45) is 11.8 Å². The van der Waals surface area contributed by atoms with Crippen molar-refractivity contribution in [3.8, 4) is 11.5 Å². The Labute approximate surface area is 224 Å². The van der Waals surface area contributed by atoms with Crippen LogP contribution in [-0.2, 0) is 14.4 Å². The van der Waals surface area contributed by atoms with Crippen molar-refractivity contribution in [1.82, 2.24) is 0 Å². The fourth-order valence-electron chi connectivity index (χ4n) is 5.80. The lowest BCUT2D eigenvalue weighted by Gasteiger charge is -2.36. The first-order valence-corrected chi connectivity index (χ1v) is 12.5. The van der Waals surface area contributed by atoms with E-state index in [0.717, 1.165) is 16.2 Å². The predicted molar refractivity (Wildman–Crippen MR) is 145 cm³/mol. The number of carbonyl (C=O) groups is 3. The second-order valence-corrected chi connectivity index (χ2v) is 9.74.